The molecular formula is C20H25ClFN5O4. The molecule has 168 valence electrons. The topological polar surface area (TPSA) is 131 Å². The van der Waals surface area contributed by atoms with E-state index in [9.17, 15) is 23.9 Å². The lowest BCUT2D eigenvalue weighted by molar-refractivity contribution is -0.120. The largest absolute Gasteiger partial charge is 0.477 e. The molecule has 1 aliphatic carbocycles. The molecule has 11 heteroatoms. The van der Waals surface area contributed by atoms with Crippen molar-refractivity contribution in [1.29, 1.82) is 0 Å². The number of hydrogen-bond donors (Lipinski definition) is 3. The quantitative estimate of drug-likeness (QED) is 0.600. The summed E-state index contributed by atoms with van der Waals surface area (Å²) in [6.45, 7) is 3.36. The molecule has 2 aromatic rings. The van der Waals surface area contributed by atoms with E-state index in [1.54, 1.807) is 9.47 Å². The number of amides is 1. The number of nitrogens with zero attached hydrogens (tertiary/aromatic N) is 3. The molecule has 0 aromatic carbocycles. The van der Waals surface area contributed by atoms with Crippen molar-refractivity contribution in [3.8, 4) is 0 Å². The number of nitrogens with one attached hydrogen (secondary N) is 1. The Hall–Kier alpha value is -2.72. The lowest BCUT2D eigenvalue weighted by Crippen LogP contribution is -2.40. The van der Waals surface area contributed by atoms with Crippen LogP contribution in [0.4, 0.5) is 10.2 Å². The summed E-state index contributed by atoms with van der Waals surface area (Å²) in [4.78, 5) is 41.8. The van der Waals surface area contributed by atoms with E-state index in [1.165, 1.54) is 6.20 Å². The standard InChI is InChI=1S/C20H24FN5O4.ClH/c1-20(9-23-15(27)7-22)4-5-25(10-20)18-14(21)6-12-16(28)13(19(29)30)8-26(11-2-3-11)17(12)24-18;/h6,8,11H,2-5,7,9-10,22H2,1H3,(H,23,27)(H,29,30);1H. The van der Waals surface area contributed by atoms with Crippen LogP contribution < -0.4 is 21.4 Å². The molecule has 4 rings (SSSR count). The van der Waals surface area contributed by atoms with Gasteiger partial charge in [-0.05, 0) is 25.3 Å². The van der Waals surface area contributed by atoms with Gasteiger partial charge in [0.1, 0.15) is 11.2 Å². The Balaban J connectivity index is 0.00000272. The maximum atomic E-state index is 15.0. The zero-order chi connectivity index (χ0) is 21.6. The number of halogens is 2. The van der Waals surface area contributed by atoms with E-state index in [-0.39, 0.29) is 53.1 Å². The number of carboxylic acids is 1. The van der Waals surface area contributed by atoms with Crippen LogP contribution in [-0.4, -0.2) is 52.7 Å². The zero-order valence-electron chi connectivity index (χ0n) is 17.1. The van der Waals surface area contributed by atoms with Gasteiger partial charge in [0.05, 0.1) is 11.9 Å². The normalized spacial score (nSPS) is 20.5. The van der Waals surface area contributed by atoms with Gasteiger partial charge in [-0.3, -0.25) is 9.59 Å². The third-order valence-corrected chi connectivity index (χ3v) is 5.87. The van der Waals surface area contributed by atoms with Gasteiger partial charge in [0.2, 0.25) is 11.3 Å². The van der Waals surface area contributed by atoms with Gasteiger partial charge < -0.3 is 25.6 Å². The van der Waals surface area contributed by atoms with Gasteiger partial charge in [-0.1, -0.05) is 6.92 Å². The van der Waals surface area contributed by atoms with Gasteiger partial charge in [0, 0.05) is 37.3 Å². The van der Waals surface area contributed by atoms with Crippen molar-refractivity contribution in [3.63, 3.8) is 0 Å². The first-order valence-electron chi connectivity index (χ1n) is 9.93. The molecule has 0 bridgehead atoms. The Morgan fingerprint density at radius 2 is 2.13 bits per heavy atom. The van der Waals surface area contributed by atoms with Crippen LogP contribution in [0.25, 0.3) is 11.0 Å². The summed E-state index contributed by atoms with van der Waals surface area (Å²) in [6, 6.07) is 1.16. The SMILES string of the molecule is CC1(CNC(=O)CN)CCN(c2nc3c(cc2F)c(=O)c(C(=O)O)cn3C2CC2)C1.Cl. The number of hydrogen-bond acceptors (Lipinski definition) is 6. The van der Waals surface area contributed by atoms with Crippen molar-refractivity contribution < 1.29 is 19.1 Å². The van der Waals surface area contributed by atoms with E-state index in [1.807, 2.05) is 6.92 Å². The molecule has 31 heavy (non-hydrogen) atoms. The predicted octanol–water partition coefficient (Wildman–Crippen LogP) is 1.28. The molecule has 1 aliphatic heterocycles. The number of carbonyl (C=O) groups excluding carboxylic acids is 1. The zero-order valence-corrected chi connectivity index (χ0v) is 17.9. The number of anilines is 1. The van der Waals surface area contributed by atoms with Gasteiger partial charge in [0.15, 0.2) is 11.6 Å². The summed E-state index contributed by atoms with van der Waals surface area (Å²) in [5.74, 6) is -2.11. The first-order chi connectivity index (χ1) is 14.2. The summed E-state index contributed by atoms with van der Waals surface area (Å²) >= 11 is 0. The third kappa shape index (κ3) is 4.35. The van der Waals surface area contributed by atoms with E-state index in [0.29, 0.717) is 25.3 Å². The fourth-order valence-electron chi connectivity index (χ4n) is 3.98. The number of aromatic carboxylic acids is 1. The number of rotatable bonds is 6. The van der Waals surface area contributed by atoms with Gasteiger partial charge in [-0.15, -0.1) is 12.4 Å². The van der Waals surface area contributed by atoms with Crippen LogP contribution in [0.5, 0.6) is 0 Å². The molecule has 1 saturated heterocycles. The Bertz CT molecular complexity index is 1100. The van der Waals surface area contributed by atoms with Gasteiger partial charge in [-0.2, -0.15) is 0 Å². The smallest absolute Gasteiger partial charge is 0.341 e. The Morgan fingerprint density at radius 3 is 2.74 bits per heavy atom. The molecular weight excluding hydrogens is 429 g/mol. The number of aromatic nitrogens is 2. The highest BCUT2D eigenvalue weighted by atomic mass is 35.5. The molecule has 2 aromatic heterocycles. The van der Waals surface area contributed by atoms with E-state index in [2.05, 4.69) is 10.3 Å². The summed E-state index contributed by atoms with van der Waals surface area (Å²) in [5, 5.41) is 12.1. The van der Waals surface area contributed by atoms with Crippen molar-refractivity contribution in [2.24, 2.45) is 11.1 Å². The summed E-state index contributed by atoms with van der Waals surface area (Å²) < 4.78 is 16.6. The first kappa shape index (κ1) is 23.0. The van der Waals surface area contributed by atoms with E-state index in [0.717, 1.165) is 25.3 Å². The van der Waals surface area contributed by atoms with Crippen molar-refractivity contribution >= 4 is 41.1 Å². The highest BCUT2D eigenvalue weighted by Gasteiger charge is 2.36. The van der Waals surface area contributed by atoms with Crippen LogP contribution in [0.2, 0.25) is 0 Å². The molecule has 1 saturated carbocycles. The van der Waals surface area contributed by atoms with Crippen molar-refractivity contribution in [2.75, 3.05) is 31.1 Å². The average Bonchev–Trinajstić information content (AvgIpc) is 3.48. The molecule has 1 amide bonds. The minimum atomic E-state index is -1.34. The molecule has 4 N–H and O–H groups in total. The van der Waals surface area contributed by atoms with Crippen molar-refractivity contribution in [2.45, 2.75) is 32.2 Å². The lowest BCUT2D eigenvalue weighted by atomic mass is 9.90. The van der Waals surface area contributed by atoms with E-state index < -0.39 is 17.2 Å². The van der Waals surface area contributed by atoms with Crippen molar-refractivity contribution in [1.82, 2.24) is 14.9 Å². The van der Waals surface area contributed by atoms with Crippen LogP contribution in [0, 0.1) is 11.2 Å². The molecule has 1 atom stereocenters. The third-order valence-electron chi connectivity index (χ3n) is 5.87. The van der Waals surface area contributed by atoms with Gasteiger partial charge in [-0.25, -0.2) is 14.2 Å². The molecule has 0 radical (unpaired) electrons. The number of carboxylic acid groups (broad SMARTS) is 1. The minimum absolute atomic E-state index is 0. The lowest BCUT2D eigenvalue weighted by Gasteiger charge is -2.25. The van der Waals surface area contributed by atoms with Gasteiger partial charge in [0.25, 0.3) is 0 Å². The highest BCUT2D eigenvalue weighted by Crippen LogP contribution is 2.38. The predicted molar refractivity (Wildman–Crippen MR) is 115 cm³/mol. The van der Waals surface area contributed by atoms with Crippen LogP contribution in [0.15, 0.2) is 17.1 Å². The first-order valence-corrected chi connectivity index (χ1v) is 9.93. The fourth-order valence-corrected chi connectivity index (χ4v) is 3.98. The molecule has 3 heterocycles. The number of pyridine rings is 2. The molecule has 2 aliphatic rings. The molecule has 1 unspecified atom stereocenters. The molecule has 0 spiro atoms. The van der Waals surface area contributed by atoms with Gasteiger partial charge >= 0.3 is 5.97 Å². The van der Waals surface area contributed by atoms with Crippen LogP contribution in [0.1, 0.15) is 42.6 Å². The molecule has 2 fully saturated rings. The fraction of sp³-hybridized carbons (Fsp3) is 0.500. The van der Waals surface area contributed by atoms with Crippen LogP contribution in [0.3, 0.4) is 0 Å². The second-order valence-electron chi connectivity index (χ2n) is 8.44. The summed E-state index contributed by atoms with van der Waals surface area (Å²) in [7, 11) is 0. The Kier molecular flexibility index (Phi) is 6.24. The Labute approximate surface area is 183 Å². The summed E-state index contributed by atoms with van der Waals surface area (Å²) in [5.41, 5.74) is 4.25. The second-order valence-corrected chi connectivity index (χ2v) is 8.44. The number of fused-ring (bicyclic) bond motifs is 1. The number of nitrogens with two attached hydrogens (primary N) is 1. The second kappa shape index (κ2) is 8.43. The maximum absolute atomic E-state index is 15.0. The van der Waals surface area contributed by atoms with Crippen molar-refractivity contribution in [3.05, 3.63) is 33.9 Å². The average molecular weight is 454 g/mol. The van der Waals surface area contributed by atoms with E-state index >= 15 is 0 Å². The van der Waals surface area contributed by atoms with Crippen LogP contribution in [-0.2, 0) is 4.79 Å². The number of carbonyl (C=O) groups is 2. The van der Waals surface area contributed by atoms with Crippen LogP contribution >= 0.6 is 12.4 Å². The molecule has 9 nitrogen and oxygen atoms in total. The Morgan fingerprint density at radius 1 is 1.42 bits per heavy atom. The maximum Gasteiger partial charge on any atom is 0.341 e. The monoisotopic (exact) mass is 453 g/mol. The summed E-state index contributed by atoms with van der Waals surface area (Å²) in [6.07, 6.45) is 3.75. The highest BCUT2D eigenvalue weighted by molar-refractivity contribution is 5.92. The minimum Gasteiger partial charge on any atom is -0.477 e. The van der Waals surface area contributed by atoms with E-state index in [4.69, 9.17) is 5.73 Å².